The maximum absolute atomic E-state index is 12.3. The van der Waals surface area contributed by atoms with Crippen LogP contribution < -0.4 is 15.8 Å². The van der Waals surface area contributed by atoms with Crippen molar-refractivity contribution in [3.8, 4) is 5.75 Å². The van der Waals surface area contributed by atoms with Gasteiger partial charge in [-0.25, -0.2) is 0 Å². The van der Waals surface area contributed by atoms with Crippen molar-refractivity contribution < 1.29 is 19.1 Å². The van der Waals surface area contributed by atoms with E-state index in [2.05, 4.69) is 10.3 Å². The second kappa shape index (κ2) is 10.4. The Balaban J connectivity index is 0.00000122. The van der Waals surface area contributed by atoms with E-state index in [1.165, 1.54) is 0 Å². The molecule has 0 fully saturated rings. The molecule has 1 amide bonds. The van der Waals surface area contributed by atoms with Crippen molar-refractivity contribution in [1.29, 1.82) is 0 Å². The molecule has 152 valence electrons. The summed E-state index contributed by atoms with van der Waals surface area (Å²) in [7, 11) is 0. The van der Waals surface area contributed by atoms with Gasteiger partial charge in [-0.15, -0.1) is 0 Å². The molecule has 0 aliphatic heterocycles. The topological polar surface area (TPSA) is 111 Å². The first-order chi connectivity index (χ1) is 13.2. The number of pyridine rings is 1. The lowest BCUT2D eigenvalue weighted by atomic mass is 9.99. The van der Waals surface area contributed by atoms with Gasteiger partial charge < -0.3 is 15.8 Å². The molecule has 0 atom stereocenters. The van der Waals surface area contributed by atoms with E-state index in [9.17, 15) is 4.79 Å². The van der Waals surface area contributed by atoms with E-state index in [0.717, 1.165) is 29.4 Å². The minimum atomic E-state index is -0.477. The van der Waals surface area contributed by atoms with E-state index < -0.39 is 5.54 Å². The van der Waals surface area contributed by atoms with Crippen molar-refractivity contribution in [1.82, 2.24) is 10.3 Å². The average Bonchev–Trinajstić information content (AvgIpc) is 2.60. The summed E-state index contributed by atoms with van der Waals surface area (Å²) in [6.07, 6.45) is 1.92. The Morgan fingerprint density at radius 1 is 1.29 bits per heavy atom. The van der Waals surface area contributed by atoms with Gasteiger partial charge in [-0.2, -0.15) is 9.59 Å². The Morgan fingerprint density at radius 2 is 1.89 bits per heavy atom. The number of nitrogens with one attached hydrogen (secondary N) is 1. The molecular formula is C21H29N3O4. The molecule has 2 rings (SSSR count). The summed E-state index contributed by atoms with van der Waals surface area (Å²) in [5.74, 6) is 0.806. The molecule has 1 heterocycles. The highest BCUT2D eigenvalue weighted by molar-refractivity contribution is 5.95. The second-order valence-electron chi connectivity index (χ2n) is 7.26. The lowest BCUT2D eigenvalue weighted by Gasteiger charge is -2.28. The van der Waals surface area contributed by atoms with E-state index >= 15 is 0 Å². The van der Waals surface area contributed by atoms with Crippen molar-refractivity contribution in [2.24, 2.45) is 5.92 Å². The van der Waals surface area contributed by atoms with Crippen molar-refractivity contribution in [2.45, 2.75) is 53.0 Å². The third kappa shape index (κ3) is 6.35. The van der Waals surface area contributed by atoms with E-state index in [-0.39, 0.29) is 18.0 Å². The summed E-state index contributed by atoms with van der Waals surface area (Å²) in [4.78, 5) is 33.1. The number of nitrogens with two attached hydrogens (primary N) is 1. The zero-order valence-corrected chi connectivity index (χ0v) is 17.2. The Hall–Kier alpha value is -2.92. The highest BCUT2D eigenvalue weighted by Gasteiger charge is 2.25. The molecule has 0 unspecified atom stereocenters. The van der Waals surface area contributed by atoms with E-state index in [1.54, 1.807) is 0 Å². The lowest BCUT2D eigenvalue weighted by molar-refractivity contribution is -0.191. The zero-order chi connectivity index (χ0) is 21.3. The van der Waals surface area contributed by atoms with Gasteiger partial charge in [0.25, 0.3) is 0 Å². The monoisotopic (exact) mass is 387 g/mol. The number of ether oxygens (including phenoxy) is 1. The van der Waals surface area contributed by atoms with Crippen molar-refractivity contribution >= 4 is 28.6 Å². The lowest BCUT2D eigenvalue weighted by Crippen LogP contribution is -2.49. The molecule has 0 spiro atoms. The molecule has 0 radical (unpaired) electrons. The number of anilines is 1. The fourth-order valence-electron chi connectivity index (χ4n) is 2.93. The van der Waals surface area contributed by atoms with Gasteiger partial charge in [0.15, 0.2) is 0 Å². The molecule has 0 aliphatic carbocycles. The molecule has 0 saturated carbocycles. The maximum Gasteiger partial charge on any atom is 0.373 e. The van der Waals surface area contributed by atoms with E-state index in [1.807, 2.05) is 58.9 Å². The van der Waals surface area contributed by atoms with Gasteiger partial charge in [-0.1, -0.05) is 19.9 Å². The minimum Gasteiger partial charge on any atom is -0.490 e. The first kappa shape index (κ1) is 23.1. The fraction of sp³-hybridized carbons (Fsp3) is 0.476. The summed E-state index contributed by atoms with van der Waals surface area (Å²) in [5, 5.41) is 3.90. The first-order valence-corrected chi connectivity index (χ1v) is 9.29. The van der Waals surface area contributed by atoms with Gasteiger partial charge in [-0.05, 0) is 51.8 Å². The molecule has 0 bridgehead atoms. The number of carbonyl (C=O) groups is 1. The number of carbonyl (C=O) groups excluding carboxylic acids is 3. The summed E-state index contributed by atoms with van der Waals surface area (Å²) in [5.41, 5.74) is 8.03. The van der Waals surface area contributed by atoms with Crippen LogP contribution in [0.1, 0.15) is 46.2 Å². The van der Waals surface area contributed by atoms with Crippen LogP contribution in [0.3, 0.4) is 0 Å². The van der Waals surface area contributed by atoms with Crippen molar-refractivity contribution in [2.75, 3.05) is 12.3 Å². The predicted molar refractivity (Wildman–Crippen MR) is 108 cm³/mol. The van der Waals surface area contributed by atoms with Crippen LogP contribution in [0.2, 0.25) is 0 Å². The molecular weight excluding hydrogens is 358 g/mol. The largest absolute Gasteiger partial charge is 0.490 e. The third-order valence-electron chi connectivity index (χ3n) is 4.36. The number of nitrogen functional groups attached to an aromatic ring is 1. The highest BCUT2D eigenvalue weighted by atomic mass is 16.5. The molecule has 28 heavy (non-hydrogen) atoms. The number of rotatable bonds is 7. The summed E-state index contributed by atoms with van der Waals surface area (Å²) in [6.45, 7) is 10.3. The summed E-state index contributed by atoms with van der Waals surface area (Å²) < 4.78 is 6.02. The molecule has 1 aromatic heterocycles. The van der Waals surface area contributed by atoms with Gasteiger partial charge in [0, 0.05) is 17.3 Å². The minimum absolute atomic E-state index is 0.0413. The Bertz CT molecular complexity index is 839. The van der Waals surface area contributed by atoms with Crippen LogP contribution in [-0.4, -0.2) is 29.2 Å². The maximum atomic E-state index is 12.3. The standard InChI is InChI=1S/C20H29N3O2.CO2/c1-6-14(7-2)19(24)23-20(4,5)12-25-17-10-8-9-16-18(17)15(21)11-13(3)22-16;2-1-3/h8-11,14H,6-7,12H2,1-5H3,(H2,21,22)(H,23,24);. The highest BCUT2D eigenvalue weighted by Crippen LogP contribution is 2.30. The van der Waals surface area contributed by atoms with Crippen LogP contribution in [-0.2, 0) is 14.4 Å². The number of amides is 1. The predicted octanol–water partition coefficient (Wildman–Crippen LogP) is 3.25. The van der Waals surface area contributed by atoms with Gasteiger partial charge in [0.1, 0.15) is 12.4 Å². The normalized spacial score (nSPS) is 10.8. The van der Waals surface area contributed by atoms with Crippen LogP contribution in [0.4, 0.5) is 5.69 Å². The van der Waals surface area contributed by atoms with Gasteiger partial charge in [0.05, 0.1) is 16.4 Å². The number of aryl methyl sites for hydroxylation is 1. The summed E-state index contributed by atoms with van der Waals surface area (Å²) in [6, 6.07) is 7.55. The number of nitrogens with zero attached hydrogens (tertiary/aromatic N) is 1. The Labute approximate surface area is 165 Å². The number of benzene rings is 1. The number of aromatic nitrogens is 1. The number of fused-ring (bicyclic) bond motifs is 1. The van der Waals surface area contributed by atoms with Crippen LogP contribution in [0.15, 0.2) is 24.3 Å². The molecule has 2 aromatic rings. The summed E-state index contributed by atoms with van der Waals surface area (Å²) >= 11 is 0. The second-order valence-corrected chi connectivity index (χ2v) is 7.26. The van der Waals surface area contributed by atoms with Crippen molar-refractivity contribution in [3.63, 3.8) is 0 Å². The number of hydrogen-bond donors (Lipinski definition) is 2. The average molecular weight is 387 g/mol. The van der Waals surface area contributed by atoms with Crippen LogP contribution in [0.5, 0.6) is 5.75 Å². The molecule has 7 heteroatoms. The zero-order valence-electron chi connectivity index (χ0n) is 17.2. The molecule has 0 saturated heterocycles. The number of hydrogen-bond acceptors (Lipinski definition) is 6. The third-order valence-corrected chi connectivity index (χ3v) is 4.36. The SMILES string of the molecule is CCC(CC)C(=O)NC(C)(C)COc1cccc2nc(C)cc(N)c12.O=C=O. The molecule has 1 aromatic carbocycles. The van der Waals surface area contributed by atoms with Gasteiger partial charge in [-0.3, -0.25) is 9.78 Å². The first-order valence-electron chi connectivity index (χ1n) is 9.29. The fourth-order valence-corrected chi connectivity index (χ4v) is 2.93. The smallest absolute Gasteiger partial charge is 0.373 e. The molecule has 3 N–H and O–H groups in total. The molecule has 7 nitrogen and oxygen atoms in total. The quantitative estimate of drug-likeness (QED) is 0.754. The van der Waals surface area contributed by atoms with E-state index in [0.29, 0.717) is 18.0 Å². The van der Waals surface area contributed by atoms with Crippen molar-refractivity contribution in [3.05, 3.63) is 30.0 Å². The van der Waals surface area contributed by atoms with Gasteiger partial charge >= 0.3 is 6.15 Å². The van der Waals surface area contributed by atoms with Gasteiger partial charge in [0.2, 0.25) is 5.91 Å². The Morgan fingerprint density at radius 3 is 2.46 bits per heavy atom. The molecule has 0 aliphatic rings. The van der Waals surface area contributed by atoms with E-state index in [4.69, 9.17) is 20.1 Å². The Kier molecular flexibility index (Phi) is 8.61. The van der Waals surface area contributed by atoms with Crippen LogP contribution in [0, 0.1) is 12.8 Å². The van der Waals surface area contributed by atoms with Crippen LogP contribution >= 0.6 is 0 Å². The van der Waals surface area contributed by atoms with Crippen LogP contribution in [0.25, 0.3) is 10.9 Å².